The number of allylic oxidation sites excluding steroid dienone is 1. The van der Waals surface area contributed by atoms with Crippen LogP contribution in [0.4, 0.5) is 16.5 Å². The van der Waals surface area contributed by atoms with Crippen molar-refractivity contribution < 1.29 is 5.11 Å². The number of hydrogen-bond donors (Lipinski definition) is 2. The smallest absolute Gasteiger partial charge is 0.231 e. The van der Waals surface area contributed by atoms with Gasteiger partial charge in [0.15, 0.2) is 5.13 Å². The first-order valence-corrected chi connectivity index (χ1v) is 8.88. The Kier molecular flexibility index (Phi) is 4.03. The first kappa shape index (κ1) is 15.9. The lowest BCUT2D eigenvalue weighted by molar-refractivity contribution is 0.457. The molecule has 0 bridgehead atoms. The average molecular weight is 368 g/mol. The fourth-order valence-electron chi connectivity index (χ4n) is 2.62. The van der Waals surface area contributed by atoms with Gasteiger partial charge >= 0.3 is 0 Å². The second-order valence-electron chi connectivity index (χ2n) is 5.62. The van der Waals surface area contributed by atoms with E-state index in [2.05, 4.69) is 15.3 Å². The number of thiazole rings is 1. The largest absolute Gasteiger partial charge is 0.492 e. The van der Waals surface area contributed by atoms with Crippen LogP contribution in [0.2, 0.25) is 5.02 Å². The number of fused-ring (bicyclic) bond motifs is 1. The first-order valence-electron chi connectivity index (χ1n) is 7.69. The minimum absolute atomic E-state index is 0.00235. The van der Waals surface area contributed by atoms with E-state index in [-0.39, 0.29) is 5.88 Å². The molecule has 0 amide bonds. The fourth-order valence-corrected chi connectivity index (χ4v) is 3.62. The summed E-state index contributed by atoms with van der Waals surface area (Å²) in [5, 5.41) is 14.7. The number of aromatic nitrogens is 1. The Morgan fingerprint density at radius 3 is 2.88 bits per heavy atom. The first-order chi connectivity index (χ1) is 12.1. The molecule has 25 heavy (non-hydrogen) atoms. The van der Waals surface area contributed by atoms with Gasteiger partial charge in [0, 0.05) is 28.1 Å². The standard InChI is InChI=1S/C19H14ClN3OS/c1-11-14(20)6-4-8-15(11)22-19-23-18(24)17(25-19)9-12-10-21-16-7-3-2-5-13(12)16/h2-10,24H,1H3,(H,22,23). The summed E-state index contributed by atoms with van der Waals surface area (Å²) in [7, 11) is 0. The lowest BCUT2D eigenvalue weighted by atomic mass is 10.1. The van der Waals surface area contributed by atoms with Gasteiger partial charge < -0.3 is 10.4 Å². The zero-order valence-corrected chi connectivity index (χ0v) is 14.9. The molecule has 3 aromatic rings. The second-order valence-corrected chi connectivity index (χ2v) is 7.06. The summed E-state index contributed by atoms with van der Waals surface area (Å²) >= 11 is 7.52. The summed E-state index contributed by atoms with van der Waals surface area (Å²) in [4.78, 5) is 9.27. The zero-order chi connectivity index (χ0) is 17.4. The van der Waals surface area contributed by atoms with Crippen molar-refractivity contribution >= 4 is 57.3 Å². The topological polar surface area (TPSA) is 57.5 Å². The second kappa shape index (κ2) is 6.35. The number of benzene rings is 2. The van der Waals surface area contributed by atoms with Crippen LogP contribution in [0.1, 0.15) is 16.0 Å². The zero-order valence-electron chi connectivity index (χ0n) is 13.3. The fraction of sp³-hybridized carbons (Fsp3) is 0.0526. The van der Waals surface area contributed by atoms with Crippen molar-refractivity contribution in [2.24, 2.45) is 4.99 Å². The molecule has 0 atom stereocenters. The van der Waals surface area contributed by atoms with Crippen LogP contribution in [0.15, 0.2) is 47.5 Å². The molecule has 4 nitrogen and oxygen atoms in total. The number of rotatable bonds is 3. The van der Waals surface area contributed by atoms with Crippen LogP contribution >= 0.6 is 22.9 Å². The average Bonchev–Trinajstić information content (AvgIpc) is 3.16. The lowest BCUT2D eigenvalue weighted by Gasteiger charge is -2.07. The van der Waals surface area contributed by atoms with Crippen LogP contribution in [0, 0.1) is 6.92 Å². The molecule has 2 heterocycles. The minimum Gasteiger partial charge on any atom is -0.492 e. The molecule has 0 aliphatic carbocycles. The number of nitrogens with one attached hydrogen (secondary N) is 1. The van der Waals surface area contributed by atoms with Gasteiger partial charge in [-0.05, 0) is 36.8 Å². The molecular weight excluding hydrogens is 354 g/mol. The molecule has 0 saturated heterocycles. The predicted octanol–water partition coefficient (Wildman–Crippen LogP) is 5.81. The third-order valence-corrected chi connectivity index (χ3v) is 5.30. The molecular formula is C19H14ClN3OS. The Bertz CT molecular complexity index is 1020. The molecule has 6 heteroatoms. The maximum Gasteiger partial charge on any atom is 0.231 e. The van der Waals surface area contributed by atoms with Crippen molar-refractivity contribution in [2.45, 2.75) is 6.92 Å². The number of halogens is 1. The Morgan fingerprint density at radius 2 is 2.00 bits per heavy atom. The van der Waals surface area contributed by atoms with Crippen LogP contribution in [-0.4, -0.2) is 16.3 Å². The molecule has 1 aromatic heterocycles. The third kappa shape index (κ3) is 3.04. The van der Waals surface area contributed by atoms with Crippen LogP contribution in [0.5, 0.6) is 5.88 Å². The van der Waals surface area contributed by atoms with Crippen molar-refractivity contribution in [3.8, 4) is 5.88 Å². The Hall–Kier alpha value is -2.63. The monoisotopic (exact) mass is 367 g/mol. The molecule has 0 saturated carbocycles. The van der Waals surface area contributed by atoms with Gasteiger partial charge in [0.05, 0.1) is 10.6 Å². The normalized spacial score (nSPS) is 14.1. The maximum atomic E-state index is 10.2. The number of para-hydroxylation sites is 1. The number of aromatic hydroxyl groups is 1. The lowest BCUT2D eigenvalue weighted by Crippen LogP contribution is -1.92. The van der Waals surface area contributed by atoms with E-state index in [4.69, 9.17) is 11.6 Å². The van der Waals surface area contributed by atoms with Gasteiger partial charge in [-0.2, -0.15) is 4.98 Å². The summed E-state index contributed by atoms with van der Waals surface area (Å²) < 4.78 is 0. The molecule has 1 aliphatic heterocycles. The summed E-state index contributed by atoms with van der Waals surface area (Å²) in [6.07, 6.45) is 3.70. The number of nitrogens with zero attached hydrogens (tertiary/aromatic N) is 2. The van der Waals surface area contributed by atoms with Gasteiger partial charge in [-0.1, -0.05) is 47.2 Å². The van der Waals surface area contributed by atoms with Crippen molar-refractivity contribution in [2.75, 3.05) is 5.32 Å². The van der Waals surface area contributed by atoms with E-state index in [0.717, 1.165) is 28.1 Å². The van der Waals surface area contributed by atoms with Crippen LogP contribution < -0.4 is 5.32 Å². The highest BCUT2D eigenvalue weighted by molar-refractivity contribution is 7.16. The van der Waals surface area contributed by atoms with E-state index in [9.17, 15) is 5.11 Å². The van der Waals surface area contributed by atoms with Crippen LogP contribution in [-0.2, 0) is 0 Å². The van der Waals surface area contributed by atoms with E-state index >= 15 is 0 Å². The summed E-state index contributed by atoms with van der Waals surface area (Å²) in [6, 6.07) is 13.6. The summed E-state index contributed by atoms with van der Waals surface area (Å²) in [5.41, 5.74) is 4.75. The molecule has 0 fully saturated rings. The van der Waals surface area contributed by atoms with Crippen molar-refractivity contribution in [1.82, 2.24) is 4.98 Å². The minimum atomic E-state index is -0.00235. The van der Waals surface area contributed by atoms with E-state index in [1.54, 1.807) is 6.21 Å². The van der Waals surface area contributed by atoms with Crippen molar-refractivity contribution in [1.29, 1.82) is 0 Å². The SMILES string of the molecule is Cc1c(Cl)cccc1Nc1nc(O)c(C=C2C=Nc3ccccc32)s1. The van der Waals surface area contributed by atoms with E-state index in [1.165, 1.54) is 11.3 Å². The molecule has 0 spiro atoms. The third-order valence-electron chi connectivity index (χ3n) is 3.99. The molecule has 0 radical (unpaired) electrons. The van der Waals surface area contributed by atoms with Gasteiger partial charge in [0.25, 0.3) is 0 Å². The predicted molar refractivity (Wildman–Crippen MR) is 106 cm³/mol. The Labute approximate surface area is 154 Å². The van der Waals surface area contributed by atoms with Gasteiger partial charge in [0.2, 0.25) is 5.88 Å². The maximum absolute atomic E-state index is 10.2. The molecule has 1 aliphatic rings. The Balaban J connectivity index is 1.65. The van der Waals surface area contributed by atoms with Crippen molar-refractivity contribution in [3.63, 3.8) is 0 Å². The van der Waals surface area contributed by atoms with Gasteiger partial charge in [0.1, 0.15) is 0 Å². The quantitative estimate of drug-likeness (QED) is 0.614. The van der Waals surface area contributed by atoms with Gasteiger partial charge in [-0.15, -0.1) is 0 Å². The van der Waals surface area contributed by atoms with E-state index in [0.29, 0.717) is 15.0 Å². The molecule has 2 N–H and O–H groups in total. The molecule has 0 unspecified atom stereocenters. The number of hydrogen-bond acceptors (Lipinski definition) is 5. The van der Waals surface area contributed by atoms with E-state index < -0.39 is 0 Å². The molecule has 124 valence electrons. The van der Waals surface area contributed by atoms with Gasteiger partial charge in [-0.25, -0.2) is 0 Å². The molecule has 2 aromatic carbocycles. The summed E-state index contributed by atoms with van der Waals surface area (Å²) in [5.74, 6) is -0.00235. The van der Waals surface area contributed by atoms with Crippen molar-refractivity contribution in [3.05, 3.63) is 63.5 Å². The van der Waals surface area contributed by atoms with E-state index in [1.807, 2.05) is 55.5 Å². The van der Waals surface area contributed by atoms with Crippen LogP contribution in [0.25, 0.3) is 11.6 Å². The number of aliphatic imine (C=N–C) groups is 1. The summed E-state index contributed by atoms with van der Waals surface area (Å²) in [6.45, 7) is 1.94. The Morgan fingerprint density at radius 1 is 1.16 bits per heavy atom. The van der Waals surface area contributed by atoms with Gasteiger partial charge in [-0.3, -0.25) is 4.99 Å². The molecule has 4 rings (SSSR count). The number of anilines is 2. The highest BCUT2D eigenvalue weighted by Crippen LogP contribution is 2.37. The van der Waals surface area contributed by atoms with Crippen LogP contribution in [0.3, 0.4) is 0 Å². The highest BCUT2D eigenvalue weighted by atomic mass is 35.5. The highest BCUT2D eigenvalue weighted by Gasteiger charge is 2.15.